The molecule has 0 amide bonds. The van der Waals surface area contributed by atoms with Crippen LogP contribution in [0.4, 0.5) is 15.8 Å². The molecule has 3 aromatic rings. The second-order valence-corrected chi connectivity index (χ2v) is 8.64. The molecule has 0 atom stereocenters. The number of aryl methyl sites for hydroxylation is 1. The molecule has 8 heteroatoms. The molecule has 0 saturated carbocycles. The molecule has 0 spiro atoms. The highest BCUT2D eigenvalue weighted by atomic mass is 32.2. The largest absolute Gasteiger partial charge is 0.365 e. The molecule has 2 heterocycles. The van der Waals surface area contributed by atoms with Crippen LogP contribution in [-0.4, -0.2) is 24.9 Å². The first-order valence-electron chi connectivity index (χ1n) is 9.09. The van der Waals surface area contributed by atoms with Crippen LogP contribution in [0.15, 0.2) is 55.0 Å². The van der Waals surface area contributed by atoms with Gasteiger partial charge in [-0.2, -0.15) is 0 Å². The maximum Gasteiger partial charge on any atom is 0.236 e. The van der Waals surface area contributed by atoms with Crippen LogP contribution in [0.5, 0.6) is 0 Å². The van der Waals surface area contributed by atoms with Gasteiger partial charge in [-0.1, -0.05) is 18.2 Å². The zero-order chi connectivity index (χ0) is 19.6. The van der Waals surface area contributed by atoms with Crippen LogP contribution < -0.4 is 9.62 Å². The van der Waals surface area contributed by atoms with E-state index in [1.54, 1.807) is 12.4 Å². The zero-order valence-electron chi connectivity index (χ0n) is 15.2. The average molecular weight is 400 g/mol. The minimum atomic E-state index is -3.60. The Labute approximate surface area is 163 Å². The van der Waals surface area contributed by atoms with E-state index in [-0.39, 0.29) is 11.6 Å². The van der Waals surface area contributed by atoms with Crippen LogP contribution in [-0.2, 0) is 28.7 Å². The van der Waals surface area contributed by atoms with Crippen molar-refractivity contribution in [2.45, 2.75) is 25.1 Å². The van der Waals surface area contributed by atoms with Crippen molar-refractivity contribution < 1.29 is 12.8 Å². The summed E-state index contributed by atoms with van der Waals surface area (Å²) in [6, 6.07) is 11.1. The molecule has 0 radical (unpaired) electrons. The summed E-state index contributed by atoms with van der Waals surface area (Å²) in [7, 11) is -3.60. The molecule has 1 aromatic heterocycles. The number of aromatic nitrogens is 2. The van der Waals surface area contributed by atoms with Gasteiger partial charge < -0.3 is 9.88 Å². The van der Waals surface area contributed by atoms with Gasteiger partial charge in [0.15, 0.2) is 0 Å². The van der Waals surface area contributed by atoms with Gasteiger partial charge in [0.1, 0.15) is 5.82 Å². The van der Waals surface area contributed by atoms with Crippen molar-refractivity contribution >= 4 is 21.4 Å². The second-order valence-electron chi connectivity index (χ2n) is 6.92. The predicted octanol–water partition coefficient (Wildman–Crippen LogP) is 3.44. The van der Waals surface area contributed by atoms with Crippen LogP contribution in [0.25, 0.3) is 0 Å². The number of nitrogens with zero attached hydrogens (tertiary/aromatic N) is 2. The minimum absolute atomic E-state index is 0.207. The third kappa shape index (κ3) is 4.33. The number of benzene rings is 2. The number of rotatable bonds is 6. The number of anilines is 2. The number of sulfonamides is 1. The fourth-order valence-corrected chi connectivity index (χ4v) is 4.66. The maximum atomic E-state index is 13.0. The number of H-pyrrole nitrogens is 1. The van der Waals surface area contributed by atoms with Crippen molar-refractivity contribution in [1.82, 2.24) is 9.97 Å². The highest BCUT2D eigenvalue weighted by Gasteiger charge is 2.19. The Hall–Kier alpha value is -2.87. The molecule has 2 aromatic carbocycles. The van der Waals surface area contributed by atoms with Gasteiger partial charge in [0.05, 0.1) is 30.0 Å². The lowest BCUT2D eigenvalue weighted by Crippen LogP contribution is -2.29. The van der Waals surface area contributed by atoms with E-state index in [0.29, 0.717) is 17.8 Å². The molecule has 2 N–H and O–H groups in total. The van der Waals surface area contributed by atoms with Gasteiger partial charge in [-0.05, 0) is 48.2 Å². The normalized spacial score (nSPS) is 14.0. The summed E-state index contributed by atoms with van der Waals surface area (Å²) in [5.41, 5.74) is 4.22. The summed E-state index contributed by atoms with van der Waals surface area (Å²) in [5.74, 6) is -0.595. The van der Waals surface area contributed by atoms with E-state index in [4.69, 9.17) is 0 Å². The fraction of sp³-hybridized carbons (Fsp3) is 0.250. The first-order valence-corrected chi connectivity index (χ1v) is 10.7. The molecule has 0 bridgehead atoms. The molecule has 1 aliphatic heterocycles. The lowest BCUT2D eigenvalue weighted by atomic mass is 10.0. The fourth-order valence-electron chi connectivity index (χ4n) is 3.47. The summed E-state index contributed by atoms with van der Waals surface area (Å²) in [6.07, 6.45) is 5.53. The lowest BCUT2D eigenvalue weighted by molar-refractivity contribution is 0.600. The van der Waals surface area contributed by atoms with Gasteiger partial charge in [0.2, 0.25) is 10.0 Å². The number of hydrogen-bond donors (Lipinski definition) is 2. The zero-order valence-corrected chi connectivity index (χ0v) is 16.0. The molecule has 6 nitrogen and oxygen atoms in total. The third-order valence-electron chi connectivity index (χ3n) is 4.75. The molecule has 0 fully saturated rings. The SMILES string of the molecule is O=S(=O)(Cc1ccc(F)cc1)Nc1ccc2c(c1)N(Cc1c[nH]cn1)CCC2. The first kappa shape index (κ1) is 18.5. The van der Waals surface area contributed by atoms with E-state index in [2.05, 4.69) is 19.6 Å². The Morgan fingerprint density at radius 2 is 2.00 bits per heavy atom. The van der Waals surface area contributed by atoms with Gasteiger partial charge in [-0.15, -0.1) is 0 Å². The summed E-state index contributed by atoms with van der Waals surface area (Å²) in [6.45, 7) is 1.56. The third-order valence-corrected chi connectivity index (χ3v) is 6.01. The number of fused-ring (bicyclic) bond motifs is 1. The van der Waals surface area contributed by atoms with Crippen molar-refractivity contribution in [3.05, 3.63) is 77.6 Å². The number of hydrogen-bond acceptors (Lipinski definition) is 4. The summed E-state index contributed by atoms with van der Waals surface area (Å²) in [5, 5.41) is 0. The number of imidazole rings is 1. The van der Waals surface area contributed by atoms with Crippen molar-refractivity contribution in [1.29, 1.82) is 0 Å². The molecule has 4 rings (SSSR count). The molecule has 0 unspecified atom stereocenters. The van der Waals surface area contributed by atoms with Crippen LogP contribution in [0.1, 0.15) is 23.2 Å². The highest BCUT2D eigenvalue weighted by molar-refractivity contribution is 7.91. The van der Waals surface area contributed by atoms with Crippen LogP contribution in [0.3, 0.4) is 0 Å². The van der Waals surface area contributed by atoms with E-state index in [9.17, 15) is 12.8 Å². The number of nitrogens with one attached hydrogen (secondary N) is 2. The van der Waals surface area contributed by atoms with Crippen LogP contribution in [0.2, 0.25) is 0 Å². The Bertz CT molecular complexity index is 1050. The van der Waals surface area contributed by atoms with Gasteiger partial charge in [0, 0.05) is 18.4 Å². The summed E-state index contributed by atoms with van der Waals surface area (Å²) < 4.78 is 40.7. The molecule has 0 saturated heterocycles. The van der Waals surface area contributed by atoms with E-state index >= 15 is 0 Å². The minimum Gasteiger partial charge on any atom is -0.365 e. The molecule has 28 heavy (non-hydrogen) atoms. The Balaban J connectivity index is 1.53. The van der Waals surface area contributed by atoms with Gasteiger partial charge in [-0.25, -0.2) is 17.8 Å². The predicted molar refractivity (Wildman–Crippen MR) is 107 cm³/mol. The topological polar surface area (TPSA) is 78.1 Å². The van der Waals surface area contributed by atoms with Crippen LogP contribution in [0, 0.1) is 5.82 Å². The van der Waals surface area contributed by atoms with Gasteiger partial charge in [0.25, 0.3) is 0 Å². The van der Waals surface area contributed by atoms with E-state index in [1.165, 1.54) is 29.8 Å². The number of halogens is 1. The van der Waals surface area contributed by atoms with Crippen molar-refractivity contribution in [2.75, 3.05) is 16.2 Å². The van der Waals surface area contributed by atoms with Crippen LogP contribution >= 0.6 is 0 Å². The smallest absolute Gasteiger partial charge is 0.236 e. The Morgan fingerprint density at radius 3 is 2.75 bits per heavy atom. The molecule has 0 aliphatic carbocycles. The van der Waals surface area contributed by atoms with Gasteiger partial charge in [-0.3, -0.25) is 4.72 Å². The van der Waals surface area contributed by atoms with Crippen molar-refractivity contribution in [3.63, 3.8) is 0 Å². The first-order chi connectivity index (χ1) is 13.5. The van der Waals surface area contributed by atoms with Crippen molar-refractivity contribution in [3.8, 4) is 0 Å². The van der Waals surface area contributed by atoms with Gasteiger partial charge >= 0.3 is 0 Å². The van der Waals surface area contributed by atoms with E-state index in [1.807, 2.05) is 18.3 Å². The standard InChI is InChI=1S/C20H21FN4O2S/c21-17-6-3-15(4-7-17)13-28(26,27)24-18-8-5-16-2-1-9-25(20(16)10-18)12-19-11-22-14-23-19/h3-8,10-11,14,24H,1-2,9,12-13H2,(H,22,23). The lowest BCUT2D eigenvalue weighted by Gasteiger charge is -2.31. The molecule has 146 valence electrons. The molecule has 1 aliphatic rings. The van der Waals surface area contributed by atoms with Crippen molar-refractivity contribution in [2.24, 2.45) is 0 Å². The van der Waals surface area contributed by atoms with E-state index < -0.39 is 10.0 Å². The average Bonchev–Trinajstić information content (AvgIpc) is 3.17. The number of aromatic amines is 1. The molecular weight excluding hydrogens is 379 g/mol. The monoisotopic (exact) mass is 400 g/mol. The van der Waals surface area contributed by atoms with E-state index in [0.717, 1.165) is 30.8 Å². The highest BCUT2D eigenvalue weighted by Crippen LogP contribution is 2.31. The Kier molecular flexibility index (Phi) is 5.04. The second kappa shape index (κ2) is 7.63. The quantitative estimate of drug-likeness (QED) is 0.664. The Morgan fingerprint density at radius 1 is 1.18 bits per heavy atom. The summed E-state index contributed by atoms with van der Waals surface area (Å²) in [4.78, 5) is 9.46. The maximum absolute atomic E-state index is 13.0. The molecular formula is C20H21FN4O2S. The summed E-state index contributed by atoms with van der Waals surface area (Å²) >= 11 is 0.